The van der Waals surface area contributed by atoms with Gasteiger partial charge in [0.05, 0.1) is 17.5 Å². The fourth-order valence-corrected chi connectivity index (χ4v) is 3.48. The van der Waals surface area contributed by atoms with Crippen LogP contribution in [0.4, 0.5) is 0 Å². The molecule has 0 saturated carbocycles. The van der Waals surface area contributed by atoms with Crippen LogP contribution in [0.15, 0.2) is 53.0 Å². The number of nitrogens with one attached hydrogen (secondary N) is 3. The summed E-state index contributed by atoms with van der Waals surface area (Å²) in [5.74, 6) is -0.909. The number of carbonyl (C=O) groups excluding carboxylic acids is 3. The van der Waals surface area contributed by atoms with Gasteiger partial charge in [-0.05, 0) is 56.8 Å². The predicted molar refractivity (Wildman–Crippen MR) is 141 cm³/mol. The lowest BCUT2D eigenvalue weighted by molar-refractivity contribution is -0.144. The first-order chi connectivity index (χ1) is 16.5. The van der Waals surface area contributed by atoms with Gasteiger partial charge in [-0.1, -0.05) is 57.2 Å². The first kappa shape index (κ1) is 28.3. The summed E-state index contributed by atoms with van der Waals surface area (Å²) in [5.41, 5.74) is 6.95. The molecule has 0 fully saturated rings. The number of amides is 2. The largest absolute Gasteiger partial charge is 0.483 e. The monoisotopic (exact) mass is 563 g/mol. The number of benzene rings is 2. The molecule has 0 saturated heterocycles. The molecular weight excluding hydrogens is 534 g/mol. The summed E-state index contributed by atoms with van der Waals surface area (Å²) in [6.07, 6.45) is 0.434. The molecular formula is C25H30BrN3O5S. The standard InChI is InChI=1S/C25H30BrN3O5S/c1-25(2,3)18-9-10-20(19(26)15-18)34-16-22(31)28-29-24(35)27-21(30)11-12-23(32)33-14-13-17-7-5-4-6-8-17/h4-10,15H,11-14,16H2,1-3H3,(H,28,31)(H2,27,29,30,35). The second kappa shape index (κ2) is 13.8. The Morgan fingerprint density at radius 1 is 0.971 bits per heavy atom. The molecule has 0 aliphatic carbocycles. The maximum Gasteiger partial charge on any atom is 0.306 e. The van der Waals surface area contributed by atoms with Crippen LogP contribution in [0.25, 0.3) is 0 Å². The van der Waals surface area contributed by atoms with Gasteiger partial charge in [-0.25, -0.2) is 0 Å². The molecule has 35 heavy (non-hydrogen) atoms. The molecule has 3 N–H and O–H groups in total. The number of hydrazine groups is 1. The van der Waals surface area contributed by atoms with E-state index >= 15 is 0 Å². The highest BCUT2D eigenvalue weighted by molar-refractivity contribution is 9.10. The van der Waals surface area contributed by atoms with Crippen LogP contribution in [-0.4, -0.2) is 36.1 Å². The van der Waals surface area contributed by atoms with E-state index in [1.54, 1.807) is 6.07 Å². The molecule has 188 valence electrons. The number of hydrogen-bond acceptors (Lipinski definition) is 6. The van der Waals surface area contributed by atoms with Gasteiger partial charge in [-0.2, -0.15) is 0 Å². The van der Waals surface area contributed by atoms with Crippen LogP contribution in [0.5, 0.6) is 5.75 Å². The lowest BCUT2D eigenvalue weighted by atomic mass is 9.87. The van der Waals surface area contributed by atoms with E-state index in [0.29, 0.717) is 12.2 Å². The van der Waals surface area contributed by atoms with Crippen LogP contribution in [0.1, 0.15) is 44.7 Å². The molecule has 0 radical (unpaired) electrons. The molecule has 2 aromatic rings. The zero-order valence-electron chi connectivity index (χ0n) is 20.0. The van der Waals surface area contributed by atoms with Crippen molar-refractivity contribution in [3.63, 3.8) is 0 Å². The van der Waals surface area contributed by atoms with Gasteiger partial charge in [0.25, 0.3) is 5.91 Å². The molecule has 0 aliphatic heterocycles. The fraction of sp³-hybridized carbons (Fsp3) is 0.360. The number of thiocarbonyl (C=S) groups is 1. The second-order valence-electron chi connectivity index (χ2n) is 8.69. The Bertz CT molecular complexity index is 1040. The first-order valence-electron chi connectivity index (χ1n) is 11.1. The van der Waals surface area contributed by atoms with Gasteiger partial charge in [0.2, 0.25) is 5.91 Å². The molecule has 0 unspecified atom stereocenters. The average Bonchev–Trinajstić information content (AvgIpc) is 2.80. The molecule has 0 heterocycles. The summed E-state index contributed by atoms with van der Waals surface area (Å²) >= 11 is 8.43. The van der Waals surface area contributed by atoms with E-state index in [0.717, 1.165) is 15.6 Å². The second-order valence-corrected chi connectivity index (χ2v) is 9.95. The molecule has 0 aliphatic rings. The molecule has 0 atom stereocenters. The average molecular weight is 565 g/mol. The Morgan fingerprint density at radius 3 is 2.34 bits per heavy atom. The van der Waals surface area contributed by atoms with Gasteiger partial charge in [0.15, 0.2) is 11.7 Å². The highest BCUT2D eigenvalue weighted by Crippen LogP contribution is 2.31. The predicted octanol–water partition coefficient (Wildman–Crippen LogP) is 3.71. The molecule has 2 rings (SSSR count). The van der Waals surface area contributed by atoms with Crippen molar-refractivity contribution < 1.29 is 23.9 Å². The summed E-state index contributed by atoms with van der Waals surface area (Å²) in [6, 6.07) is 15.3. The van der Waals surface area contributed by atoms with E-state index in [4.69, 9.17) is 21.7 Å². The lowest BCUT2D eigenvalue weighted by Gasteiger charge is -2.20. The van der Waals surface area contributed by atoms with Crippen molar-refractivity contribution in [2.45, 2.75) is 45.4 Å². The highest BCUT2D eigenvalue weighted by atomic mass is 79.9. The third-order valence-electron chi connectivity index (χ3n) is 4.78. The van der Waals surface area contributed by atoms with Crippen LogP contribution >= 0.6 is 28.1 Å². The summed E-state index contributed by atoms with van der Waals surface area (Å²) in [7, 11) is 0. The van der Waals surface area contributed by atoms with Crippen molar-refractivity contribution in [1.82, 2.24) is 16.2 Å². The third-order valence-corrected chi connectivity index (χ3v) is 5.60. The van der Waals surface area contributed by atoms with Gasteiger partial charge in [-0.3, -0.25) is 25.2 Å². The van der Waals surface area contributed by atoms with E-state index < -0.39 is 17.8 Å². The van der Waals surface area contributed by atoms with Gasteiger partial charge in [-0.15, -0.1) is 0 Å². The third kappa shape index (κ3) is 10.9. The zero-order valence-corrected chi connectivity index (χ0v) is 22.4. The Labute approximate surface area is 219 Å². The van der Waals surface area contributed by atoms with Crippen LogP contribution in [0.2, 0.25) is 0 Å². The van der Waals surface area contributed by atoms with Crippen LogP contribution in [0, 0.1) is 0 Å². The number of ether oxygens (including phenoxy) is 2. The molecule has 0 bridgehead atoms. The molecule has 0 aromatic heterocycles. The lowest BCUT2D eigenvalue weighted by Crippen LogP contribution is -2.49. The fourth-order valence-electron chi connectivity index (χ4n) is 2.83. The minimum absolute atomic E-state index is 0.00878. The van der Waals surface area contributed by atoms with E-state index in [1.807, 2.05) is 42.5 Å². The Hall–Kier alpha value is -2.98. The Morgan fingerprint density at radius 2 is 1.69 bits per heavy atom. The van der Waals surface area contributed by atoms with Crippen molar-refractivity contribution in [3.8, 4) is 5.75 Å². The van der Waals surface area contributed by atoms with Crippen LogP contribution in [-0.2, 0) is 31.0 Å². The Balaban J connectivity index is 1.61. The molecule has 8 nitrogen and oxygen atoms in total. The summed E-state index contributed by atoms with van der Waals surface area (Å²) in [6.45, 7) is 6.31. The van der Waals surface area contributed by atoms with Crippen LogP contribution in [0.3, 0.4) is 0 Å². The van der Waals surface area contributed by atoms with Crippen molar-refractivity contribution in [3.05, 3.63) is 64.1 Å². The molecule has 2 amide bonds. The summed E-state index contributed by atoms with van der Waals surface area (Å²) in [5, 5.41) is 2.29. The van der Waals surface area contributed by atoms with Crippen molar-refractivity contribution in [2.75, 3.05) is 13.2 Å². The van der Waals surface area contributed by atoms with Crippen molar-refractivity contribution in [1.29, 1.82) is 0 Å². The van der Waals surface area contributed by atoms with Crippen molar-refractivity contribution >= 4 is 51.0 Å². The maximum absolute atomic E-state index is 12.0. The minimum atomic E-state index is -0.490. The smallest absolute Gasteiger partial charge is 0.306 e. The number of hydrogen-bond donors (Lipinski definition) is 3. The van der Waals surface area contributed by atoms with Crippen molar-refractivity contribution in [2.24, 2.45) is 0 Å². The zero-order chi connectivity index (χ0) is 25.8. The summed E-state index contributed by atoms with van der Waals surface area (Å²) < 4.78 is 11.4. The highest BCUT2D eigenvalue weighted by Gasteiger charge is 2.16. The molecule has 2 aromatic carbocycles. The maximum atomic E-state index is 12.0. The number of esters is 1. The SMILES string of the molecule is CC(C)(C)c1ccc(OCC(=O)NNC(=S)NC(=O)CCC(=O)OCCc2ccccc2)c(Br)c1. The van der Waals surface area contributed by atoms with E-state index in [9.17, 15) is 14.4 Å². The summed E-state index contributed by atoms with van der Waals surface area (Å²) in [4.78, 5) is 35.8. The topological polar surface area (TPSA) is 106 Å². The number of carbonyl (C=O) groups is 3. The van der Waals surface area contributed by atoms with Gasteiger partial charge in [0, 0.05) is 12.8 Å². The van der Waals surface area contributed by atoms with Crippen LogP contribution < -0.4 is 20.9 Å². The quantitative estimate of drug-likeness (QED) is 0.242. The van der Waals surface area contributed by atoms with Gasteiger partial charge < -0.3 is 14.8 Å². The Kier molecular flexibility index (Phi) is 11.1. The minimum Gasteiger partial charge on any atom is -0.483 e. The first-order valence-corrected chi connectivity index (χ1v) is 12.3. The molecule has 10 heteroatoms. The molecule has 0 spiro atoms. The van der Waals surface area contributed by atoms with Gasteiger partial charge in [0.1, 0.15) is 5.75 Å². The van der Waals surface area contributed by atoms with E-state index in [1.165, 1.54) is 0 Å². The van der Waals surface area contributed by atoms with Gasteiger partial charge >= 0.3 is 5.97 Å². The number of rotatable bonds is 9. The van der Waals surface area contributed by atoms with E-state index in [-0.39, 0.29) is 36.6 Å². The number of halogens is 1. The normalized spacial score (nSPS) is 10.7. The van der Waals surface area contributed by atoms with E-state index in [2.05, 4.69) is 52.9 Å².